The van der Waals surface area contributed by atoms with Gasteiger partial charge in [0, 0.05) is 25.3 Å². The summed E-state index contributed by atoms with van der Waals surface area (Å²) < 4.78 is 1.85. The summed E-state index contributed by atoms with van der Waals surface area (Å²) in [6.45, 7) is 3.48. The number of aryl methyl sites for hydroxylation is 1. The highest BCUT2D eigenvalue weighted by molar-refractivity contribution is 5.94. The van der Waals surface area contributed by atoms with E-state index in [4.69, 9.17) is 0 Å². The van der Waals surface area contributed by atoms with Crippen molar-refractivity contribution in [3.63, 3.8) is 0 Å². The molecule has 20 heavy (non-hydrogen) atoms. The van der Waals surface area contributed by atoms with Crippen LogP contribution in [0.1, 0.15) is 29.0 Å². The molecular weight excluding hydrogens is 254 g/mol. The average molecular weight is 273 g/mol. The second-order valence-electron chi connectivity index (χ2n) is 5.27. The minimum atomic E-state index is 0.0833. The molecule has 1 unspecified atom stereocenters. The zero-order valence-corrected chi connectivity index (χ0v) is 11.8. The summed E-state index contributed by atoms with van der Waals surface area (Å²) in [6, 6.07) is 4.06. The lowest BCUT2D eigenvalue weighted by atomic mass is 10.1. The van der Waals surface area contributed by atoms with Crippen molar-refractivity contribution in [2.75, 3.05) is 20.1 Å². The van der Waals surface area contributed by atoms with Gasteiger partial charge in [-0.2, -0.15) is 0 Å². The number of carbonyl (C=O) groups is 1. The number of rotatable bonds is 2. The molecule has 0 bridgehead atoms. The summed E-state index contributed by atoms with van der Waals surface area (Å²) in [6.07, 6.45) is 4.00. The van der Waals surface area contributed by atoms with Gasteiger partial charge in [-0.1, -0.05) is 0 Å². The number of amides is 1. The first-order chi connectivity index (χ1) is 9.69. The van der Waals surface area contributed by atoms with Gasteiger partial charge in [0.15, 0.2) is 5.65 Å². The van der Waals surface area contributed by atoms with Crippen LogP contribution in [0.2, 0.25) is 0 Å². The molecule has 0 aliphatic carbocycles. The van der Waals surface area contributed by atoms with Crippen molar-refractivity contribution in [1.29, 1.82) is 0 Å². The number of nitrogens with zero attached hydrogens (tertiary/aromatic N) is 4. The number of aromatic nitrogens is 3. The van der Waals surface area contributed by atoms with Crippen molar-refractivity contribution >= 4 is 11.6 Å². The lowest BCUT2D eigenvalue weighted by Crippen LogP contribution is -2.47. The highest BCUT2D eigenvalue weighted by Gasteiger charge is 2.23. The topological polar surface area (TPSA) is 62.5 Å². The Bertz CT molecular complexity index is 636. The summed E-state index contributed by atoms with van der Waals surface area (Å²) in [5.41, 5.74) is 1.46. The van der Waals surface area contributed by atoms with E-state index in [0.29, 0.717) is 11.6 Å². The van der Waals surface area contributed by atoms with Gasteiger partial charge < -0.3 is 10.2 Å². The van der Waals surface area contributed by atoms with E-state index < -0.39 is 0 Å². The predicted octanol–water partition coefficient (Wildman–Crippen LogP) is 0.862. The molecule has 6 heteroatoms. The first-order valence-electron chi connectivity index (χ1n) is 6.97. The van der Waals surface area contributed by atoms with Gasteiger partial charge in [-0.05, 0) is 38.9 Å². The number of carbonyl (C=O) groups excluding carboxylic acids is 1. The first-order valence-corrected chi connectivity index (χ1v) is 6.97. The van der Waals surface area contributed by atoms with E-state index in [1.807, 2.05) is 41.6 Å². The Morgan fingerprint density at radius 3 is 3.05 bits per heavy atom. The number of likely N-dealkylation sites (N-methyl/N-ethyl adjacent to an activating group) is 1. The predicted molar refractivity (Wildman–Crippen MR) is 75.7 cm³/mol. The second-order valence-corrected chi connectivity index (χ2v) is 5.27. The van der Waals surface area contributed by atoms with Gasteiger partial charge in [-0.3, -0.25) is 9.20 Å². The molecule has 1 amide bonds. The molecule has 0 aromatic carbocycles. The Morgan fingerprint density at radius 1 is 1.40 bits per heavy atom. The molecule has 0 spiro atoms. The third-order valence-electron chi connectivity index (χ3n) is 3.94. The fourth-order valence-corrected chi connectivity index (χ4v) is 2.71. The highest BCUT2D eigenvalue weighted by atomic mass is 16.2. The molecular formula is C14H19N5O. The Kier molecular flexibility index (Phi) is 3.40. The van der Waals surface area contributed by atoms with Crippen LogP contribution < -0.4 is 5.32 Å². The standard InChI is InChI=1S/C14H19N5O/c1-10-16-17-13-6-5-11(8-19(10)13)14(20)18-7-3-4-12(9-18)15-2/h5-6,8,12,15H,3-4,7,9H2,1-2H3. The largest absolute Gasteiger partial charge is 0.337 e. The van der Waals surface area contributed by atoms with Gasteiger partial charge in [0.2, 0.25) is 0 Å². The molecule has 1 aliphatic heterocycles. The third-order valence-corrected chi connectivity index (χ3v) is 3.94. The monoisotopic (exact) mass is 273 g/mol. The SMILES string of the molecule is CNC1CCCN(C(=O)c2ccc3nnc(C)n3c2)C1. The summed E-state index contributed by atoms with van der Waals surface area (Å²) in [5.74, 6) is 0.876. The number of pyridine rings is 1. The van der Waals surface area contributed by atoms with Gasteiger partial charge in [0.25, 0.3) is 5.91 Å². The van der Waals surface area contributed by atoms with Gasteiger partial charge in [-0.15, -0.1) is 10.2 Å². The normalized spacial score (nSPS) is 19.5. The molecule has 1 atom stereocenters. The molecule has 106 valence electrons. The Morgan fingerprint density at radius 2 is 2.25 bits per heavy atom. The van der Waals surface area contributed by atoms with Crippen LogP contribution in [-0.4, -0.2) is 51.6 Å². The van der Waals surface area contributed by atoms with Crippen LogP contribution in [0.25, 0.3) is 5.65 Å². The van der Waals surface area contributed by atoms with E-state index in [0.717, 1.165) is 37.4 Å². The molecule has 1 fully saturated rings. The highest BCUT2D eigenvalue weighted by Crippen LogP contribution is 2.14. The first kappa shape index (κ1) is 13.1. The van der Waals surface area contributed by atoms with E-state index in [1.54, 1.807) is 0 Å². The summed E-state index contributed by atoms with van der Waals surface area (Å²) in [4.78, 5) is 14.5. The zero-order valence-electron chi connectivity index (χ0n) is 11.8. The van der Waals surface area contributed by atoms with E-state index in [9.17, 15) is 4.79 Å². The summed E-state index contributed by atoms with van der Waals surface area (Å²) in [5, 5.41) is 11.3. The second kappa shape index (κ2) is 5.20. The summed E-state index contributed by atoms with van der Waals surface area (Å²) in [7, 11) is 1.95. The maximum absolute atomic E-state index is 12.6. The zero-order chi connectivity index (χ0) is 14.1. The van der Waals surface area contributed by atoms with Gasteiger partial charge in [-0.25, -0.2) is 0 Å². The molecule has 1 aliphatic rings. The van der Waals surface area contributed by atoms with Crippen molar-refractivity contribution in [3.05, 3.63) is 29.7 Å². The lowest BCUT2D eigenvalue weighted by Gasteiger charge is -2.32. The Labute approximate surface area is 117 Å². The van der Waals surface area contributed by atoms with E-state index >= 15 is 0 Å². The van der Waals surface area contributed by atoms with Crippen LogP contribution in [0.3, 0.4) is 0 Å². The van der Waals surface area contributed by atoms with E-state index in [-0.39, 0.29) is 5.91 Å². The lowest BCUT2D eigenvalue weighted by molar-refractivity contribution is 0.0697. The number of nitrogens with one attached hydrogen (secondary N) is 1. The van der Waals surface area contributed by atoms with E-state index in [2.05, 4.69) is 15.5 Å². The Hall–Kier alpha value is -1.95. The maximum Gasteiger partial charge on any atom is 0.255 e. The van der Waals surface area contributed by atoms with E-state index in [1.165, 1.54) is 0 Å². The van der Waals surface area contributed by atoms with Gasteiger partial charge >= 0.3 is 0 Å². The van der Waals surface area contributed by atoms with Crippen molar-refractivity contribution < 1.29 is 4.79 Å². The van der Waals surface area contributed by atoms with Crippen molar-refractivity contribution in [3.8, 4) is 0 Å². The third kappa shape index (κ3) is 2.27. The quantitative estimate of drug-likeness (QED) is 0.881. The van der Waals surface area contributed by atoms with Crippen molar-refractivity contribution in [2.45, 2.75) is 25.8 Å². The molecule has 0 radical (unpaired) electrons. The van der Waals surface area contributed by atoms with Crippen LogP contribution in [-0.2, 0) is 0 Å². The van der Waals surface area contributed by atoms with Crippen molar-refractivity contribution in [1.82, 2.24) is 24.8 Å². The van der Waals surface area contributed by atoms with Crippen LogP contribution in [0.5, 0.6) is 0 Å². The molecule has 3 rings (SSSR count). The van der Waals surface area contributed by atoms with Crippen LogP contribution >= 0.6 is 0 Å². The molecule has 0 saturated carbocycles. The fraction of sp³-hybridized carbons (Fsp3) is 0.500. The molecule has 6 nitrogen and oxygen atoms in total. The molecule has 3 heterocycles. The van der Waals surface area contributed by atoms with Gasteiger partial charge in [0.1, 0.15) is 5.82 Å². The molecule has 1 saturated heterocycles. The number of likely N-dealkylation sites (tertiary alicyclic amines) is 1. The van der Waals surface area contributed by atoms with Crippen LogP contribution in [0.4, 0.5) is 0 Å². The molecule has 1 N–H and O–H groups in total. The smallest absolute Gasteiger partial charge is 0.255 e. The minimum absolute atomic E-state index is 0.0833. The number of hydrogen-bond donors (Lipinski definition) is 1. The van der Waals surface area contributed by atoms with Crippen molar-refractivity contribution in [2.24, 2.45) is 0 Å². The fourth-order valence-electron chi connectivity index (χ4n) is 2.71. The summed E-state index contributed by atoms with van der Waals surface area (Å²) >= 11 is 0. The number of hydrogen-bond acceptors (Lipinski definition) is 4. The minimum Gasteiger partial charge on any atom is -0.337 e. The Balaban J connectivity index is 1.86. The number of piperidine rings is 1. The number of fused-ring (bicyclic) bond motifs is 1. The van der Waals surface area contributed by atoms with Crippen LogP contribution in [0, 0.1) is 6.92 Å². The van der Waals surface area contributed by atoms with Crippen LogP contribution in [0.15, 0.2) is 18.3 Å². The average Bonchev–Trinajstić information content (AvgIpc) is 2.87. The molecule has 2 aromatic rings. The van der Waals surface area contributed by atoms with Gasteiger partial charge in [0.05, 0.1) is 5.56 Å². The molecule has 2 aromatic heterocycles. The maximum atomic E-state index is 12.6.